The lowest BCUT2D eigenvalue weighted by Crippen LogP contribution is -2.42. The van der Waals surface area contributed by atoms with Gasteiger partial charge in [0.05, 0.1) is 35.9 Å². The number of fused-ring (bicyclic) bond motifs is 3. The van der Waals surface area contributed by atoms with Crippen LogP contribution in [-0.2, 0) is 27.1 Å². The molecule has 0 radical (unpaired) electrons. The maximum absolute atomic E-state index is 12.6. The SMILES string of the molecule is COC(=O)N1c2ccc3c(nc(C[C@H](C(=O)O)c4ccc(Cl)cc4)n3C3CCC(OC)CC3)c2CC[C@@H]1C. The summed E-state index contributed by atoms with van der Waals surface area (Å²) in [4.78, 5) is 31.9. The molecule has 1 aliphatic heterocycles. The number of carboxylic acids is 1. The van der Waals surface area contributed by atoms with E-state index in [0.29, 0.717) is 10.6 Å². The van der Waals surface area contributed by atoms with Gasteiger partial charge in [-0.05, 0) is 75.3 Å². The van der Waals surface area contributed by atoms with E-state index in [9.17, 15) is 14.7 Å². The molecule has 3 aromatic rings. The second kappa shape index (κ2) is 10.9. The Morgan fingerprint density at radius 3 is 2.42 bits per heavy atom. The van der Waals surface area contributed by atoms with Gasteiger partial charge in [0.2, 0.25) is 0 Å². The molecule has 1 saturated carbocycles. The molecule has 0 spiro atoms. The number of imidazole rings is 1. The van der Waals surface area contributed by atoms with Crippen LogP contribution in [0, 0.1) is 0 Å². The number of carbonyl (C=O) groups excluding carboxylic acids is 1. The molecule has 2 aromatic carbocycles. The summed E-state index contributed by atoms with van der Waals surface area (Å²) < 4.78 is 12.9. The van der Waals surface area contributed by atoms with Crippen molar-refractivity contribution in [1.29, 1.82) is 0 Å². The number of ether oxygens (including phenoxy) is 2. The number of benzene rings is 2. The van der Waals surface area contributed by atoms with Gasteiger partial charge in [-0.15, -0.1) is 0 Å². The van der Waals surface area contributed by atoms with Gasteiger partial charge >= 0.3 is 12.1 Å². The van der Waals surface area contributed by atoms with Crippen molar-refractivity contribution in [3.63, 3.8) is 0 Å². The van der Waals surface area contributed by atoms with Gasteiger partial charge < -0.3 is 19.1 Å². The molecule has 1 N–H and O–H groups in total. The third-order valence-corrected chi connectivity index (χ3v) is 8.45. The summed E-state index contributed by atoms with van der Waals surface area (Å²) >= 11 is 6.07. The zero-order chi connectivity index (χ0) is 27.0. The van der Waals surface area contributed by atoms with Crippen molar-refractivity contribution >= 4 is 40.4 Å². The molecule has 1 aliphatic carbocycles. The van der Waals surface area contributed by atoms with Crippen molar-refractivity contribution in [3.05, 3.63) is 58.4 Å². The molecule has 0 bridgehead atoms. The Morgan fingerprint density at radius 2 is 1.79 bits per heavy atom. The van der Waals surface area contributed by atoms with Crippen LogP contribution >= 0.6 is 11.6 Å². The normalized spacial score (nSPS) is 22.2. The van der Waals surface area contributed by atoms with E-state index in [1.165, 1.54) is 7.11 Å². The Bertz CT molecular complexity index is 1330. The van der Waals surface area contributed by atoms with E-state index in [2.05, 4.69) is 4.57 Å². The van der Waals surface area contributed by atoms with Crippen LogP contribution in [0.15, 0.2) is 36.4 Å². The third-order valence-electron chi connectivity index (χ3n) is 8.20. The van der Waals surface area contributed by atoms with Crippen LogP contribution in [0.3, 0.4) is 0 Å². The van der Waals surface area contributed by atoms with Crippen LogP contribution in [-0.4, -0.2) is 53.1 Å². The van der Waals surface area contributed by atoms with E-state index in [1.807, 2.05) is 19.1 Å². The summed E-state index contributed by atoms with van der Waals surface area (Å²) in [6, 6.07) is 11.2. The zero-order valence-electron chi connectivity index (χ0n) is 22.0. The van der Waals surface area contributed by atoms with Crippen molar-refractivity contribution < 1.29 is 24.2 Å². The van der Waals surface area contributed by atoms with Crippen LogP contribution in [0.2, 0.25) is 5.02 Å². The Hall–Kier alpha value is -3.10. The molecule has 1 fully saturated rings. The monoisotopic (exact) mass is 539 g/mol. The second-order valence-electron chi connectivity index (χ2n) is 10.4. The summed E-state index contributed by atoms with van der Waals surface area (Å²) in [5.74, 6) is -0.915. The first-order valence-corrected chi connectivity index (χ1v) is 13.6. The largest absolute Gasteiger partial charge is 0.481 e. The fraction of sp³-hybridized carbons (Fsp3) is 0.483. The highest BCUT2D eigenvalue weighted by atomic mass is 35.5. The number of hydrogen-bond donors (Lipinski definition) is 1. The molecule has 8 nitrogen and oxygen atoms in total. The van der Waals surface area contributed by atoms with E-state index in [4.69, 9.17) is 26.1 Å². The molecule has 1 aromatic heterocycles. The van der Waals surface area contributed by atoms with Gasteiger partial charge in [0.25, 0.3) is 0 Å². The molecule has 2 aliphatic rings. The molecule has 2 heterocycles. The zero-order valence-corrected chi connectivity index (χ0v) is 22.8. The first-order valence-electron chi connectivity index (χ1n) is 13.2. The average molecular weight is 540 g/mol. The topological polar surface area (TPSA) is 93.9 Å². The van der Waals surface area contributed by atoms with Crippen molar-refractivity contribution in [2.24, 2.45) is 0 Å². The number of hydrogen-bond acceptors (Lipinski definition) is 5. The van der Waals surface area contributed by atoms with Crippen LogP contribution in [0.25, 0.3) is 11.0 Å². The van der Waals surface area contributed by atoms with Crippen LogP contribution in [0.4, 0.5) is 10.5 Å². The molecule has 5 rings (SSSR count). The first-order chi connectivity index (χ1) is 18.3. The maximum atomic E-state index is 12.6. The number of nitrogens with zero attached hydrogens (tertiary/aromatic N) is 3. The highest BCUT2D eigenvalue weighted by Gasteiger charge is 2.34. The lowest BCUT2D eigenvalue weighted by Gasteiger charge is -2.34. The average Bonchev–Trinajstić information content (AvgIpc) is 3.30. The third kappa shape index (κ3) is 4.87. The lowest BCUT2D eigenvalue weighted by atomic mass is 9.91. The molecule has 38 heavy (non-hydrogen) atoms. The highest BCUT2D eigenvalue weighted by Crippen LogP contribution is 2.40. The molecule has 1 amide bonds. The Kier molecular flexibility index (Phi) is 7.63. The molecular formula is C29H34ClN3O5. The molecule has 202 valence electrons. The number of aliphatic carboxylic acids is 1. The van der Waals surface area contributed by atoms with E-state index in [1.54, 1.807) is 36.3 Å². The van der Waals surface area contributed by atoms with Gasteiger partial charge in [-0.25, -0.2) is 9.78 Å². The van der Waals surface area contributed by atoms with Crippen molar-refractivity contribution in [1.82, 2.24) is 9.55 Å². The number of aromatic nitrogens is 2. The number of anilines is 1. The Morgan fingerprint density at radius 1 is 1.08 bits per heavy atom. The van der Waals surface area contributed by atoms with Gasteiger partial charge in [-0.3, -0.25) is 9.69 Å². The van der Waals surface area contributed by atoms with Gasteiger partial charge in [0.15, 0.2) is 0 Å². The summed E-state index contributed by atoms with van der Waals surface area (Å²) in [5.41, 5.74) is 4.34. The van der Waals surface area contributed by atoms with Gasteiger partial charge in [0.1, 0.15) is 5.82 Å². The Balaban J connectivity index is 1.63. The number of aryl methyl sites for hydroxylation is 1. The standard InChI is InChI=1S/C29H34ClN3O5/c1-17-4-13-22-24(32(17)29(36)38-3)14-15-25-27(22)31-26(33(25)20-9-11-21(37-2)12-10-20)16-23(28(34)35)18-5-7-19(30)8-6-18/h5-8,14-15,17,20-21,23H,4,9-13,16H2,1-3H3,(H,34,35)/t17-,20?,21?,23-/m0/s1. The quantitative estimate of drug-likeness (QED) is 0.404. The lowest BCUT2D eigenvalue weighted by molar-refractivity contribution is -0.138. The summed E-state index contributed by atoms with van der Waals surface area (Å²) in [6.07, 6.45) is 5.44. The number of rotatable bonds is 6. The summed E-state index contributed by atoms with van der Waals surface area (Å²) in [7, 11) is 3.15. The number of carbonyl (C=O) groups is 2. The fourth-order valence-electron chi connectivity index (χ4n) is 6.14. The molecular weight excluding hydrogens is 506 g/mol. The summed E-state index contributed by atoms with van der Waals surface area (Å²) in [6.45, 7) is 2.02. The number of carboxylic acid groups (broad SMARTS) is 1. The highest BCUT2D eigenvalue weighted by molar-refractivity contribution is 6.30. The van der Waals surface area contributed by atoms with Crippen LogP contribution in [0.1, 0.15) is 67.9 Å². The number of methoxy groups -OCH3 is 2. The van der Waals surface area contributed by atoms with Gasteiger partial charge in [-0.2, -0.15) is 0 Å². The van der Waals surface area contributed by atoms with Gasteiger partial charge in [0, 0.05) is 36.2 Å². The maximum Gasteiger partial charge on any atom is 0.414 e. The van der Waals surface area contributed by atoms with Gasteiger partial charge in [-0.1, -0.05) is 23.7 Å². The molecule has 0 unspecified atom stereocenters. The molecule has 2 atom stereocenters. The van der Waals surface area contributed by atoms with E-state index in [0.717, 1.165) is 66.6 Å². The van der Waals surface area contributed by atoms with Crippen LogP contribution in [0.5, 0.6) is 0 Å². The predicted molar refractivity (Wildman–Crippen MR) is 146 cm³/mol. The fourth-order valence-corrected chi connectivity index (χ4v) is 6.26. The molecule has 9 heteroatoms. The minimum atomic E-state index is -0.901. The van der Waals surface area contributed by atoms with E-state index >= 15 is 0 Å². The number of amides is 1. The smallest absolute Gasteiger partial charge is 0.414 e. The Labute approximate surface area is 227 Å². The van der Waals surface area contributed by atoms with Crippen molar-refractivity contribution in [2.45, 2.75) is 76.0 Å². The second-order valence-corrected chi connectivity index (χ2v) is 10.8. The minimum absolute atomic E-state index is 0.0135. The van der Waals surface area contributed by atoms with E-state index in [-0.39, 0.29) is 30.7 Å². The molecule has 0 saturated heterocycles. The van der Waals surface area contributed by atoms with Crippen LogP contribution < -0.4 is 4.90 Å². The van der Waals surface area contributed by atoms with E-state index < -0.39 is 11.9 Å². The van der Waals surface area contributed by atoms with Crippen molar-refractivity contribution in [3.8, 4) is 0 Å². The summed E-state index contributed by atoms with van der Waals surface area (Å²) in [5, 5.41) is 10.8. The first kappa shape index (κ1) is 26.5. The number of halogens is 1. The minimum Gasteiger partial charge on any atom is -0.481 e. The predicted octanol–water partition coefficient (Wildman–Crippen LogP) is 6.14. The van der Waals surface area contributed by atoms with Crippen molar-refractivity contribution in [2.75, 3.05) is 19.1 Å².